The number of ether oxygens (including phenoxy) is 1. The molecule has 0 aromatic heterocycles. The molecule has 0 saturated heterocycles. The molecule has 0 aromatic rings. The predicted molar refractivity (Wildman–Crippen MR) is 123 cm³/mol. The molecule has 0 amide bonds. The third-order valence-corrected chi connectivity index (χ3v) is 22.3. The average molecular weight is 487 g/mol. The van der Waals surface area contributed by atoms with E-state index in [1.807, 2.05) is 0 Å². The summed E-state index contributed by atoms with van der Waals surface area (Å²) in [5.41, 5.74) is 0. The second kappa shape index (κ2) is 16.9. The summed E-state index contributed by atoms with van der Waals surface area (Å²) in [6.07, 6.45) is 16.8. The van der Waals surface area contributed by atoms with Gasteiger partial charge in [0.1, 0.15) is 0 Å². The first kappa shape index (κ1) is 27.0. The first-order valence-corrected chi connectivity index (χ1v) is 19.3. The molecule has 0 fully saturated rings. The van der Waals surface area contributed by atoms with E-state index in [1.54, 1.807) is 10.5 Å². The number of unbranched alkanes of at least 4 members (excludes halogenated alkanes) is 7. The van der Waals surface area contributed by atoms with Gasteiger partial charge in [0.25, 0.3) is 0 Å². The van der Waals surface area contributed by atoms with Crippen LogP contribution in [0.25, 0.3) is 0 Å². The fraction of sp³-hybridized carbons (Fsp3) is 0.875. The predicted octanol–water partition coefficient (Wildman–Crippen LogP) is 8.22. The zero-order valence-electron chi connectivity index (χ0n) is 19.4. The van der Waals surface area contributed by atoms with Gasteiger partial charge < -0.3 is 0 Å². The molecule has 0 aliphatic rings. The molecule has 160 valence electrons. The van der Waals surface area contributed by atoms with Crippen molar-refractivity contribution in [2.24, 2.45) is 0 Å². The molecule has 0 aliphatic carbocycles. The number of hydrogen-bond donors (Lipinski definition) is 0. The van der Waals surface area contributed by atoms with E-state index in [-0.39, 0.29) is 12.1 Å². The van der Waals surface area contributed by atoms with E-state index in [9.17, 15) is 4.79 Å². The van der Waals surface area contributed by atoms with Gasteiger partial charge in [0.05, 0.1) is 0 Å². The molecule has 0 radical (unpaired) electrons. The number of hydrogen-bond acceptors (Lipinski definition) is 2. The summed E-state index contributed by atoms with van der Waals surface area (Å²) in [5.74, 6) is -0.124. The van der Waals surface area contributed by atoms with Gasteiger partial charge in [-0.05, 0) is 0 Å². The third-order valence-electron chi connectivity index (χ3n) is 5.84. The van der Waals surface area contributed by atoms with Crippen LogP contribution in [0.15, 0.2) is 9.67 Å². The number of rotatable bonds is 17. The van der Waals surface area contributed by atoms with Gasteiger partial charge in [-0.25, -0.2) is 0 Å². The van der Waals surface area contributed by atoms with E-state index in [1.165, 1.54) is 83.9 Å². The average Bonchev–Trinajstić information content (AvgIpc) is 2.64. The second-order valence-electron chi connectivity index (χ2n) is 8.35. The van der Waals surface area contributed by atoms with E-state index in [0.29, 0.717) is 0 Å². The van der Waals surface area contributed by atoms with E-state index >= 15 is 0 Å². The summed E-state index contributed by atoms with van der Waals surface area (Å²) in [5, 5.41) is 0. The van der Waals surface area contributed by atoms with Gasteiger partial charge in [0.15, 0.2) is 0 Å². The topological polar surface area (TPSA) is 26.3 Å². The first-order chi connectivity index (χ1) is 13.0. The first-order valence-electron chi connectivity index (χ1n) is 11.8. The zero-order valence-corrected chi connectivity index (χ0v) is 22.2. The van der Waals surface area contributed by atoms with Gasteiger partial charge in [-0.15, -0.1) is 0 Å². The zero-order chi connectivity index (χ0) is 20.5. The molecular weight excluding hydrogens is 439 g/mol. The Balaban J connectivity index is 5.69. The van der Waals surface area contributed by atoms with Crippen molar-refractivity contribution in [3.8, 4) is 0 Å². The number of allylic oxidation sites excluding steroid dienone is 1. The second-order valence-corrected chi connectivity index (χ2v) is 21.6. The van der Waals surface area contributed by atoms with Crippen LogP contribution < -0.4 is 0 Å². The Kier molecular flexibility index (Phi) is 16.9. The molecule has 2 nitrogen and oxygen atoms in total. The van der Waals surface area contributed by atoms with Crippen LogP contribution >= 0.6 is 0 Å². The van der Waals surface area contributed by atoms with Crippen LogP contribution in [0.4, 0.5) is 0 Å². The van der Waals surface area contributed by atoms with Gasteiger partial charge in [-0.3, -0.25) is 0 Å². The van der Waals surface area contributed by atoms with Crippen molar-refractivity contribution in [2.45, 2.75) is 132 Å². The van der Waals surface area contributed by atoms with Crippen LogP contribution in [-0.2, 0) is 9.53 Å². The molecule has 0 rings (SSSR count). The van der Waals surface area contributed by atoms with E-state index in [0.717, 1.165) is 0 Å². The quantitative estimate of drug-likeness (QED) is 0.117. The summed E-state index contributed by atoms with van der Waals surface area (Å²) in [4.78, 5) is 11.7. The van der Waals surface area contributed by atoms with Crippen molar-refractivity contribution in [3.05, 3.63) is 9.67 Å². The molecule has 0 saturated carbocycles. The molecular formula is C24H48O2Sn. The summed E-state index contributed by atoms with van der Waals surface area (Å²) in [6, 6.07) is 0. The third kappa shape index (κ3) is 11.6. The Morgan fingerprint density at radius 2 is 1.30 bits per heavy atom. The Morgan fingerprint density at radius 1 is 0.815 bits per heavy atom. The van der Waals surface area contributed by atoms with Crippen molar-refractivity contribution in [2.75, 3.05) is 0 Å². The fourth-order valence-electron chi connectivity index (χ4n) is 4.31. The molecule has 0 aromatic carbocycles. The molecule has 0 heterocycles. The van der Waals surface area contributed by atoms with Gasteiger partial charge in [-0.2, -0.15) is 0 Å². The monoisotopic (exact) mass is 488 g/mol. The van der Waals surface area contributed by atoms with E-state index in [4.69, 9.17) is 4.74 Å². The van der Waals surface area contributed by atoms with E-state index in [2.05, 4.69) is 40.7 Å². The molecule has 0 bridgehead atoms. The van der Waals surface area contributed by atoms with Crippen LogP contribution in [0.3, 0.4) is 0 Å². The number of carbonyl (C=O) groups is 1. The standard InChI is InChI=1S/C12H21O2.3C4H9.Sn/c1-4-5-6-7-8-9-10-11(2)14-12(3)13;3*1-3-4-2;/h9,11H,4-8H2,1-3H3;3*1,3-4H2,2H3;/t11-;;;;/m1..../s1. The summed E-state index contributed by atoms with van der Waals surface area (Å²) in [6.45, 7) is 12.9. The van der Waals surface area contributed by atoms with Crippen molar-refractivity contribution >= 4 is 24.3 Å². The molecule has 27 heavy (non-hydrogen) atoms. The summed E-state index contributed by atoms with van der Waals surface area (Å²) < 4.78 is 11.7. The maximum absolute atomic E-state index is 11.7. The van der Waals surface area contributed by atoms with Crippen molar-refractivity contribution in [1.82, 2.24) is 0 Å². The Hall–Kier alpha value is 0.00870. The molecule has 0 spiro atoms. The van der Waals surface area contributed by atoms with E-state index < -0.39 is 18.4 Å². The SMILES string of the molecule is CCCCCC/C=[C](/[C@@H](C)OC(C)=O)[Sn]([CH2]CCC)([CH2]CCC)[CH2]CCC. The van der Waals surface area contributed by atoms with Crippen LogP contribution in [0, 0.1) is 0 Å². The van der Waals surface area contributed by atoms with Crippen LogP contribution in [0.2, 0.25) is 13.3 Å². The van der Waals surface area contributed by atoms with Gasteiger partial charge in [0.2, 0.25) is 0 Å². The van der Waals surface area contributed by atoms with Crippen molar-refractivity contribution in [3.63, 3.8) is 0 Å². The van der Waals surface area contributed by atoms with Crippen molar-refractivity contribution in [1.29, 1.82) is 0 Å². The Bertz CT molecular complexity index is 381. The maximum atomic E-state index is 11.7. The van der Waals surface area contributed by atoms with Crippen LogP contribution in [-0.4, -0.2) is 30.5 Å². The Morgan fingerprint density at radius 3 is 1.70 bits per heavy atom. The van der Waals surface area contributed by atoms with Crippen molar-refractivity contribution < 1.29 is 9.53 Å². The van der Waals surface area contributed by atoms with Gasteiger partial charge in [-0.1, -0.05) is 0 Å². The van der Waals surface area contributed by atoms with Gasteiger partial charge >= 0.3 is 175 Å². The van der Waals surface area contributed by atoms with Crippen LogP contribution in [0.1, 0.15) is 112 Å². The molecule has 0 unspecified atom stereocenters. The molecule has 0 N–H and O–H groups in total. The Labute approximate surface area is 174 Å². The summed E-state index contributed by atoms with van der Waals surface area (Å²) >= 11 is -2.53. The minimum atomic E-state index is -2.53. The summed E-state index contributed by atoms with van der Waals surface area (Å²) in [7, 11) is 0. The molecule has 1 atom stereocenters. The number of carbonyl (C=O) groups excluding carboxylic acids is 1. The molecule has 0 aliphatic heterocycles. The normalized spacial score (nSPS) is 13.6. The number of esters is 1. The fourth-order valence-corrected chi connectivity index (χ4v) is 22.0. The molecule has 3 heteroatoms. The minimum absolute atomic E-state index is 0.00459. The van der Waals surface area contributed by atoms with Crippen LogP contribution in [0.5, 0.6) is 0 Å². The van der Waals surface area contributed by atoms with Gasteiger partial charge in [0, 0.05) is 0 Å².